The van der Waals surface area contributed by atoms with E-state index in [9.17, 15) is 0 Å². The van der Waals surface area contributed by atoms with Crippen LogP contribution in [0, 0.1) is 0 Å². The summed E-state index contributed by atoms with van der Waals surface area (Å²) in [5.74, 6) is 0. The van der Waals surface area contributed by atoms with Gasteiger partial charge in [0.2, 0.25) is 0 Å². The number of aliphatic imine (C=N–C) groups is 1. The molecule has 1 aliphatic heterocycles. The largest absolute Gasteiger partial charge is 0.457 e. The fraction of sp³-hybridized carbons (Fsp3) is 0.235. The van der Waals surface area contributed by atoms with Crippen LogP contribution in [0.15, 0.2) is 59.6 Å². The molecule has 1 N–H and O–H groups in total. The Morgan fingerprint density at radius 2 is 1.80 bits per heavy atom. The summed E-state index contributed by atoms with van der Waals surface area (Å²) in [7, 11) is 0. The molecule has 3 rings (SSSR count). The Morgan fingerprint density at radius 3 is 2.65 bits per heavy atom. The summed E-state index contributed by atoms with van der Waals surface area (Å²) in [5.41, 5.74) is 3.56. The molecule has 1 unspecified atom stereocenters. The van der Waals surface area contributed by atoms with Crippen molar-refractivity contribution < 1.29 is 4.74 Å². The lowest BCUT2D eigenvalue weighted by Gasteiger charge is -2.26. The van der Waals surface area contributed by atoms with Crippen molar-refractivity contribution in [2.24, 2.45) is 4.99 Å². The number of benzene rings is 2. The summed E-state index contributed by atoms with van der Waals surface area (Å²) in [4.78, 5) is 4.51. The summed E-state index contributed by atoms with van der Waals surface area (Å²) in [6.45, 7) is 2.77. The molecule has 0 radical (unpaired) electrons. The minimum Gasteiger partial charge on any atom is -0.457 e. The number of amidine groups is 1. The number of nitrogens with zero attached hydrogens (tertiary/aromatic N) is 1. The summed E-state index contributed by atoms with van der Waals surface area (Å²) in [5, 5.41) is 3.24. The lowest BCUT2D eigenvalue weighted by Crippen LogP contribution is -2.25. The van der Waals surface area contributed by atoms with Gasteiger partial charge in [0.15, 0.2) is 0 Å². The van der Waals surface area contributed by atoms with Gasteiger partial charge in [-0.05, 0) is 25.0 Å². The topological polar surface area (TPSA) is 33.6 Å². The minimum atomic E-state index is 0.0444. The van der Waals surface area contributed by atoms with Gasteiger partial charge in [-0.1, -0.05) is 48.5 Å². The number of anilines is 1. The van der Waals surface area contributed by atoms with Gasteiger partial charge in [-0.15, -0.1) is 0 Å². The Balaban J connectivity index is 1.66. The van der Waals surface area contributed by atoms with Gasteiger partial charge in [0.05, 0.1) is 0 Å². The fourth-order valence-electron chi connectivity index (χ4n) is 2.35. The summed E-state index contributed by atoms with van der Waals surface area (Å²) >= 11 is 0. The van der Waals surface area contributed by atoms with Crippen LogP contribution in [0.2, 0.25) is 0 Å². The fourth-order valence-corrected chi connectivity index (χ4v) is 2.35. The Bertz CT molecular complexity index is 607. The van der Waals surface area contributed by atoms with Crippen molar-refractivity contribution in [3.63, 3.8) is 0 Å². The van der Waals surface area contributed by atoms with Gasteiger partial charge < -0.3 is 10.1 Å². The van der Waals surface area contributed by atoms with Crippen LogP contribution >= 0.6 is 0 Å². The lowest BCUT2D eigenvalue weighted by molar-refractivity contribution is 0.206. The zero-order valence-corrected chi connectivity index (χ0v) is 11.5. The molecule has 20 heavy (non-hydrogen) atoms. The van der Waals surface area contributed by atoms with Gasteiger partial charge in [-0.2, -0.15) is 0 Å². The zero-order valence-electron chi connectivity index (χ0n) is 11.5. The Labute approximate surface area is 119 Å². The molecule has 0 amide bonds. The highest BCUT2D eigenvalue weighted by molar-refractivity contribution is 5.92. The first-order chi connectivity index (χ1) is 9.83. The molecule has 0 spiro atoms. The van der Waals surface area contributed by atoms with Crippen LogP contribution in [0.3, 0.4) is 0 Å². The molecule has 2 aromatic rings. The molecule has 1 aliphatic rings. The quantitative estimate of drug-likeness (QED) is 0.917. The third-order valence-electron chi connectivity index (χ3n) is 3.43. The van der Waals surface area contributed by atoms with E-state index in [0.29, 0.717) is 6.02 Å². The molecular formula is C17H18N2O. The molecule has 0 bridgehead atoms. The third kappa shape index (κ3) is 2.82. The first kappa shape index (κ1) is 12.7. The zero-order chi connectivity index (χ0) is 13.8. The number of fused-ring (bicyclic) bond motifs is 1. The maximum absolute atomic E-state index is 5.79. The van der Waals surface area contributed by atoms with E-state index < -0.39 is 0 Å². The molecule has 1 atom stereocenters. The summed E-state index contributed by atoms with van der Waals surface area (Å²) in [6.07, 6.45) is 0.966. The normalized spacial score (nSPS) is 19.1. The Morgan fingerprint density at radius 1 is 1.05 bits per heavy atom. The second kappa shape index (κ2) is 5.78. The molecule has 0 aliphatic carbocycles. The second-order valence-corrected chi connectivity index (χ2v) is 4.89. The van der Waals surface area contributed by atoms with Gasteiger partial charge in [0.1, 0.15) is 6.10 Å². The standard InChI is InChI=1S/C17H18N2O/c1-13-15-9-5-6-10-16(15)19-17(20-13)18-12-11-14-7-3-2-4-8-14/h2-10,13H,11-12H2,1H3,(H,18,19). The Hall–Kier alpha value is -2.29. The van der Waals surface area contributed by atoms with E-state index in [-0.39, 0.29) is 6.10 Å². The SMILES string of the molecule is CC1OC(=NCCc2ccccc2)Nc2ccccc21. The predicted octanol–water partition coefficient (Wildman–Crippen LogP) is 3.79. The highest BCUT2D eigenvalue weighted by Gasteiger charge is 2.20. The maximum atomic E-state index is 5.79. The van der Waals surface area contributed by atoms with Crippen LogP contribution in [0.1, 0.15) is 24.2 Å². The second-order valence-electron chi connectivity index (χ2n) is 4.89. The highest BCUT2D eigenvalue weighted by atomic mass is 16.5. The molecular weight excluding hydrogens is 248 g/mol. The summed E-state index contributed by atoms with van der Waals surface area (Å²) < 4.78 is 5.79. The van der Waals surface area contributed by atoms with E-state index in [2.05, 4.69) is 46.7 Å². The Kier molecular flexibility index (Phi) is 3.68. The van der Waals surface area contributed by atoms with E-state index in [1.54, 1.807) is 0 Å². The number of hydrogen-bond acceptors (Lipinski definition) is 2. The van der Waals surface area contributed by atoms with Gasteiger partial charge in [-0.25, -0.2) is 4.99 Å². The van der Waals surface area contributed by atoms with E-state index in [1.807, 2.05) is 25.1 Å². The molecule has 0 saturated carbocycles. The first-order valence-electron chi connectivity index (χ1n) is 6.94. The van der Waals surface area contributed by atoms with Crippen molar-refractivity contribution in [3.8, 4) is 0 Å². The van der Waals surface area contributed by atoms with Crippen molar-refractivity contribution in [2.45, 2.75) is 19.4 Å². The predicted molar refractivity (Wildman–Crippen MR) is 82.0 cm³/mol. The van der Waals surface area contributed by atoms with Crippen LogP contribution in [0.25, 0.3) is 0 Å². The van der Waals surface area contributed by atoms with Crippen molar-refractivity contribution >= 4 is 11.7 Å². The van der Waals surface area contributed by atoms with Gasteiger partial charge >= 0.3 is 0 Å². The number of ether oxygens (including phenoxy) is 1. The smallest absolute Gasteiger partial charge is 0.289 e. The number of rotatable bonds is 3. The number of hydrogen-bond donors (Lipinski definition) is 1. The highest BCUT2D eigenvalue weighted by Crippen LogP contribution is 2.29. The van der Waals surface area contributed by atoms with Gasteiger partial charge in [-0.3, -0.25) is 0 Å². The molecule has 102 valence electrons. The van der Waals surface area contributed by atoms with Crippen LogP contribution < -0.4 is 5.32 Å². The minimum absolute atomic E-state index is 0.0444. The van der Waals surface area contributed by atoms with Crippen molar-refractivity contribution in [2.75, 3.05) is 11.9 Å². The van der Waals surface area contributed by atoms with Crippen LogP contribution in [0.4, 0.5) is 5.69 Å². The van der Waals surface area contributed by atoms with Crippen LogP contribution in [-0.2, 0) is 11.2 Å². The molecule has 0 saturated heterocycles. The molecule has 2 aromatic carbocycles. The molecule has 0 fully saturated rings. The molecule has 1 heterocycles. The summed E-state index contributed by atoms with van der Waals surface area (Å²) in [6, 6.07) is 19.2. The molecule has 3 heteroatoms. The maximum Gasteiger partial charge on any atom is 0.289 e. The van der Waals surface area contributed by atoms with Gasteiger partial charge in [0.25, 0.3) is 6.02 Å². The average Bonchev–Trinajstić information content (AvgIpc) is 2.48. The first-order valence-corrected chi connectivity index (χ1v) is 6.94. The monoisotopic (exact) mass is 266 g/mol. The molecule has 0 aromatic heterocycles. The van der Waals surface area contributed by atoms with Crippen LogP contribution in [-0.4, -0.2) is 12.6 Å². The van der Waals surface area contributed by atoms with Crippen LogP contribution in [0.5, 0.6) is 0 Å². The van der Waals surface area contributed by atoms with E-state index in [0.717, 1.165) is 18.7 Å². The van der Waals surface area contributed by atoms with E-state index in [4.69, 9.17) is 4.74 Å². The van der Waals surface area contributed by atoms with Crippen molar-refractivity contribution in [1.29, 1.82) is 0 Å². The lowest BCUT2D eigenvalue weighted by atomic mass is 10.1. The van der Waals surface area contributed by atoms with Crippen molar-refractivity contribution in [1.82, 2.24) is 0 Å². The number of para-hydroxylation sites is 1. The van der Waals surface area contributed by atoms with E-state index in [1.165, 1.54) is 11.1 Å². The van der Waals surface area contributed by atoms with E-state index >= 15 is 0 Å². The molecule has 3 nitrogen and oxygen atoms in total. The average molecular weight is 266 g/mol. The number of nitrogens with one attached hydrogen (secondary N) is 1. The van der Waals surface area contributed by atoms with Gasteiger partial charge in [0, 0.05) is 17.8 Å². The third-order valence-corrected chi connectivity index (χ3v) is 3.43. The van der Waals surface area contributed by atoms with Crippen molar-refractivity contribution in [3.05, 3.63) is 65.7 Å².